The Morgan fingerprint density at radius 3 is 2.71 bits per heavy atom. The summed E-state index contributed by atoms with van der Waals surface area (Å²) < 4.78 is 8.32. The fourth-order valence-corrected chi connectivity index (χ4v) is 2.69. The SMILES string of the molecule is Cc1nc(Cn2cc(Br)cc(Br)c2=O)oc1C. The molecule has 4 nitrogen and oxygen atoms in total. The number of pyridine rings is 1. The normalized spacial score (nSPS) is 10.8. The van der Waals surface area contributed by atoms with Gasteiger partial charge in [-0.05, 0) is 51.8 Å². The van der Waals surface area contributed by atoms with E-state index in [1.54, 1.807) is 16.8 Å². The lowest BCUT2D eigenvalue weighted by Crippen LogP contribution is -2.20. The summed E-state index contributed by atoms with van der Waals surface area (Å²) in [5, 5.41) is 0. The van der Waals surface area contributed by atoms with Gasteiger partial charge in [0.15, 0.2) is 0 Å². The van der Waals surface area contributed by atoms with E-state index in [4.69, 9.17) is 4.42 Å². The molecule has 0 saturated heterocycles. The second-order valence-corrected chi connectivity index (χ2v) is 5.46. The van der Waals surface area contributed by atoms with E-state index in [2.05, 4.69) is 36.8 Å². The highest BCUT2D eigenvalue weighted by atomic mass is 79.9. The summed E-state index contributed by atoms with van der Waals surface area (Å²) in [5.41, 5.74) is 0.740. The van der Waals surface area contributed by atoms with Gasteiger partial charge in [0.25, 0.3) is 5.56 Å². The zero-order valence-electron chi connectivity index (χ0n) is 9.33. The van der Waals surface area contributed by atoms with E-state index in [0.717, 1.165) is 15.9 Å². The van der Waals surface area contributed by atoms with Gasteiger partial charge in [-0.3, -0.25) is 4.79 Å². The molecule has 0 saturated carbocycles. The standard InChI is InChI=1S/C11H10Br2N2O2/c1-6-7(2)17-10(14-6)5-15-4-8(12)3-9(13)11(15)16/h3-4H,5H2,1-2H3. The van der Waals surface area contributed by atoms with Crippen molar-refractivity contribution >= 4 is 31.9 Å². The summed E-state index contributed by atoms with van der Waals surface area (Å²) in [6.07, 6.45) is 1.71. The molecule has 0 fully saturated rings. The molecule has 0 aromatic carbocycles. The average molecular weight is 362 g/mol. The molecule has 2 heterocycles. The second kappa shape index (κ2) is 4.78. The van der Waals surface area contributed by atoms with E-state index >= 15 is 0 Å². The number of halogens is 2. The molecule has 0 radical (unpaired) electrons. The predicted molar refractivity (Wildman–Crippen MR) is 71.2 cm³/mol. The summed E-state index contributed by atoms with van der Waals surface area (Å²) in [6, 6.07) is 1.71. The van der Waals surface area contributed by atoms with Crippen molar-refractivity contribution in [2.45, 2.75) is 20.4 Å². The molecule has 6 heteroatoms. The summed E-state index contributed by atoms with van der Waals surface area (Å²) in [5.74, 6) is 1.31. The lowest BCUT2D eigenvalue weighted by Gasteiger charge is -2.04. The zero-order chi connectivity index (χ0) is 12.6. The minimum atomic E-state index is -0.110. The van der Waals surface area contributed by atoms with Crippen LogP contribution in [0.25, 0.3) is 0 Å². The van der Waals surface area contributed by atoms with Crippen molar-refractivity contribution in [1.29, 1.82) is 0 Å². The van der Waals surface area contributed by atoms with Crippen LogP contribution in [0, 0.1) is 13.8 Å². The van der Waals surface area contributed by atoms with Crippen molar-refractivity contribution in [1.82, 2.24) is 9.55 Å². The Morgan fingerprint density at radius 1 is 1.41 bits per heavy atom. The Hall–Kier alpha value is -0.880. The lowest BCUT2D eigenvalue weighted by molar-refractivity contribution is 0.453. The highest BCUT2D eigenvalue weighted by Gasteiger charge is 2.09. The molecule has 2 rings (SSSR count). The fourth-order valence-electron chi connectivity index (χ4n) is 1.43. The van der Waals surface area contributed by atoms with Crippen LogP contribution in [0.3, 0.4) is 0 Å². The Labute approximate surface area is 115 Å². The Bertz CT molecular complexity index is 597. The molecule has 90 valence electrons. The highest BCUT2D eigenvalue weighted by Crippen LogP contribution is 2.14. The predicted octanol–water partition coefficient (Wildman–Crippen LogP) is 3.03. The first-order chi connectivity index (χ1) is 7.97. The number of oxazole rings is 1. The molecule has 0 N–H and O–H groups in total. The van der Waals surface area contributed by atoms with Crippen LogP contribution in [0.4, 0.5) is 0 Å². The molecule has 0 unspecified atom stereocenters. The zero-order valence-corrected chi connectivity index (χ0v) is 12.5. The van der Waals surface area contributed by atoms with Gasteiger partial charge in [0.05, 0.1) is 10.2 Å². The molecule has 2 aromatic rings. The maximum absolute atomic E-state index is 11.8. The number of aromatic nitrogens is 2. The Morgan fingerprint density at radius 2 is 2.12 bits per heavy atom. The van der Waals surface area contributed by atoms with Gasteiger partial charge in [-0.2, -0.15) is 0 Å². The molecule has 0 spiro atoms. The third-order valence-corrected chi connectivity index (χ3v) is 3.39. The van der Waals surface area contributed by atoms with Crippen LogP contribution in [0.15, 0.2) is 30.4 Å². The van der Waals surface area contributed by atoms with Crippen LogP contribution < -0.4 is 5.56 Å². The van der Waals surface area contributed by atoms with E-state index in [1.165, 1.54) is 0 Å². The van der Waals surface area contributed by atoms with E-state index in [-0.39, 0.29) is 5.56 Å². The first-order valence-corrected chi connectivity index (χ1v) is 6.54. The van der Waals surface area contributed by atoms with E-state index < -0.39 is 0 Å². The minimum absolute atomic E-state index is 0.110. The van der Waals surface area contributed by atoms with Gasteiger partial charge in [0, 0.05) is 10.7 Å². The van der Waals surface area contributed by atoms with Crippen LogP contribution in [0.5, 0.6) is 0 Å². The summed E-state index contributed by atoms with van der Waals surface area (Å²) in [7, 11) is 0. The third kappa shape index (κ3) is 2.69. The van der Waals surface area contributed by atoms with Gasteiger partial charge in [-0.1, -0.05) is 0 Å². The van der Waals surface area contributed by atoms with E-state index in [1.807, 2.05) is 13.8 Å². The molecular weight excluding hydrogens is 352 g/mol. The van der Waals surface area contributed by atoms with Crippen LogP contribution >= 0.6 is 31.9 Å². The van der Waals surface area contributed by atoms with Crippen molar-refractivity contribution in [3.63, 3.8) is 0 Å². The van der Waals surface area contributed by atoms with Crippen LogP contribution in [0.2, 0.25) is 0 Å². The van der Waals surface area contributed by atoms with Crippen molar-refractivity contribution in [3.05, 3.63) is 48.9 Å². The first-order valence-electron chi connectivity index (χ1n) is 4.96. The van der Waals surface area contributed by atoms with Gasteiger partial charge in [0.1, 0.15) is 12.3 Å². The number of rotatable bonds is 2. The maximum atomic E-state index is 11.8. The molecule has 0 atom stereocenters. The summed E-state index contributed by atoms with van der Waals surface area (Å²) in [4.78, 5) is 16.1. The largest absolute Gasteiger partial charge is 0.444 e. The molecule has 0 aliphatic rings. The molecule has 17 heavy (non-hydrogen) atoms. The van der Waals surface area contributed by atoms with Crippen molar-refractivity contribution in [2.75, 3.05) is 0 Å². The Balaban J connectivity index is 2.39. The monoisotopic (exact) mass is 360 g/mol. The highest BCUT2D eigenvalue weighted by molar-refractivity contribution is 9.11. The molecule has 0 amide bonds. The van der Waals surface area contributed by atoms with Gasteiger partial charge < -0.3 is 8.98 Å². The van der Waals surface area contributed by atoms with Gasteiger partial charge in [0.2, 0.25) is 5.89 Å². The third-order valence-electron chi connectivity index (χ3n) is 2.39. The second-order valence-electron chi connectivity index (χ2n) is 3.69. The number of nitrogens with zero attached hydrogens (tertiary/aromatic N) is 2. The fraction of sp³-hybridized carbons (Fsp3) is 0.273. The minimum Gasteiger partial charge on any atom is -0.444 e. The van der Waals surface area contributed by atoms with Gasteiger partial charge >= 0.3 is 0 Å². The van der Waals surface area contributed by atoms with Gasteiger partial charge in [-0.25, -0.2) is 4.98 Å². The van der Waals surface area contributed by atoms with Crippen LogP contribution in [-0.4, -0.2) is 9.55 Å². The number of hydrogen-bond donors (Lipinski definition) is 0. The molecule has 0 aliphatic heterocycles. The van der Waals surface area contributed by atoms with Crippen LogP contribution in [-0.2, 0) is 6.54 Å². The van der Waals surface area contributed by atoms with Crippen LogP contribution in [0.1, 0.15) is 17.3 Å². The van der Waals surface area contributed by atoms with E-state index in [0.29, 0.717) is 16.9 Å². The maximum Gasteiger partial charge on any atom is 0.265 e. The molecule has 0 aliphatic carbocycles. The summed E-state index contributed by atoms with van der Waals surface area (Å²) in [6.45, 7) is 4.05. The van der Waals surface area contributed by atoms with Crippen molar-refractivity contribution in [3.8, 4) is 0 Å². The average Bonchev–Trinajstić information content (AvgIpc) is 2.54. The smallest absolute Gasteiger partial charge is 0.265 e. The quantitative estimate of drug-likeness (QED) is 0.826. The topological polar surface area (TPSA) is 48.0 Å². The molecule has 2 aromatic heterocycles. The Kier molecular flexibility index (Phi) is 3.53. The summed E-state index contributed by atoms with van der Waals surface area (Å²) >= 11 is 6.55. The lowest BCUT2D eigenvalue weighted by atomic mass is 10.4. The molecule has 0 bridgehead atoms. The van der Waals surface area contributed by atoms with Crippen molar-refractivity contribution < 1.29 is 4.42 Å². The number of hydrogen-bond acceptors (Lipinski definition) is 3. The van der Waals surface area contributed by atoms with Gasteiger partial charge in [-0.15, -0.1) is 0 Å². The molecular formula is C11H10Br2N2O2. The first kappa shape index (κ1) is 12.6. The number of aryl methyl sites for hydroxylation is 2. The van der Waals surface area contributed by atoms with E-state index in [9.17, 15) is 4.79 Å². The van der Waals surface area contributed by atoms with Crippen molar-refractivity contribution in [2.24, 2.45) is 0 Å².